The van der Waals surface area contributed by atoms with Gasteiger partial charge >= 0.3 is 0 Å². The van der Waals surface area contributed by atoms with E-state index in [0.29, 0.717) is 11.8 Å². The summed E-state index contributed by atoms with van der Waals surface area (Å²) in [5, 5.41) is 46.1. The van der Waals surface area contributed by atoms with Crippen LogP contribution in [0.3, 0.4) is 0 Å². The predicted molar refractivity (Wildman–Crippen MR) is 311 cm³/mol. The molecule has 0 bridgehead atoms. The first-order valence-corrected chi connectivity index (χ1v) is 28.3. The molecule has 0 aliphatic carbocycles. The van der Waals surface area contributed by atoms with Gasteiger partial charge in [0, 0.05) is 38.4 Å². The van der Waals surface area contributed by atoms with Crippen molar-refractivity contribution in [2.75, 3.05) is 54.4 Å². The number of fused-ring (bicyclic) bond motifs is 2. The van der Waals surface area contributed by atoms with Gasteiger partial charge in [0.1, 0.15) is 17.7 Å². The number of rotatable bonds is 19. The number of ether oxygens (including phenoxy) is 1. The van der Waals surface area contributed by atoms with Crippen LogP contribution in [0, 0.1) is 5.82 Å². The topological polar surface area (TPSA) is 134 Å². The standard InChI is InChI=1S/C18H18NOS.C10H7F.2C8H13NOS.C8H11NOS.C6H6OS/c1-19-12-11-17(18-10-5-13-21-18)20-16-9-4-7-14-6-2-3-8-15(14)16;11-10-7-3-5-8-4-1-2-6-9(8)10;3*1-9-5-4-7(10)8-3-2-6-11-8;1-5(7)6-3-2-4-8-6/h2-10,13,17H,11-12H2,1H3;1-7H;2*2-3,6-7,9-10H,4-5H2,1H3;2-3,6,9H,4-5H2,1H3;2-4H,1H3/q-1;;;;;/t17-;;7-;;;/m0.0.../s1. The molecule has 15 heteroatoms. The number of Topliss-reactive ketones (excluding diaryl/α,β-unsaturated/α-hetero) is 2. The predicted octanol–water partition coefficient (Wildman–Crippen LogP) is 14.7. The molecule has 9 aromatic rings. The van der Waals surface area contributed by atoms with Crippen LogP contribution in [-0.4, -0.2) is 76.1 Å². The number of hydrogen-bond donors (Lipinski definition) is 5. The van der Waals surface area contributed by atoms with Crippen LogP contribution >= 0.6 is 56.7 Å². The zero-order valence-electron chi connectivity index (χ0n) is 42.1. The van der Waals surface area contributed by atoms with E-state index in [1.807, 2.05) is 135 Å². The highest BCUT2D eigenvalue weighted by Crippen LogP contribution is 2.33. The van der Waals surface area contributed by atoms with E-state index in [1.165, 1.54) is 39.0 Å². The molecular formula is C58H68FN4O5S5-. The molecule has 0 amide bonds. The summed E-state index contributed by atoms with van der Waals surface area (Å²) >= 11 is 7.93. The number of halogens is 1. The molecule has 9 nitrogen and oxygen atoms in total. The lowest BCUT2D eigenvalue weighted by atomic mass is 10.1. The quantitative estimate of drug-likeness (QED) is 0.0506. The maximum Gasteiger partial charge on any atom is 0.174 e. The smallest absolute Gasteiger partial charge is 0.174 e. The average molecular weight is 1080 g/mol. The second-order valence-electron chi connectivity index (χ2n) is 16.0. The van der Waals surface area contributed by atoms with E-state index in [1.54, 1.807) is 53.1 Å². The van der Waals surface area contributed by atoms with Crippen molar-refractivity contribution in [1.82, 2.24) is 16.0 Å². The van der Waals surface area contributed by atoms with Crippen molar-refractivity contribution in [2.45, 2.75) is 50.9 Å². The normalized spacial score (nSPS) is 11.6. The Morgan fingerprint density at radius 1 is 0.548 bits per heavy atom. The van der Waals surface area contributed by atoms with Crippen molar-refractivity contribution in [3.8, 4) is 5.75 Å². The molecule has 0 radical (unpaired) electrons. The van der Waals surface area contributed by atoms with E-state index in [0.717, 1.165) is 81.5 Å². The number of carbonyl (C=O) groups excluding carboxylic acids is 2. The molecule has 0 fully saturated rings. The van der Waals surface area contributed by atoms with Gasteiger partial charge in [0.15, 0.2) is 11.6 Å². The Kier molecular flexibility index (Phi) is 29.6. The molecular weight excluding hydrogens is 1010 g/mol. The number of thiophene rings is 5. The summed E-state index contributed by atoms with van der Waals surface area (Å²) in [6, 6.07) is 46.6. The van der Waals surface area contributed by atoms with Gasteiger partial charge in [0.25, 0.3) is 0 Å². The fraction of sp³-hybridized carbons (Fsp3) is 0.276. The number of nitrogens with zero attached hydrogens (tertiary/aromatic N) is 1. The lowest BCUT2D eigenvalue weighted by Gasteiger charge is -2.22. The van der Waals surface area contributed by atoms with Crippen molar-refractivity contribution in [3.05, 3.63) is 208 Å². The molecule has 5 heterocycles. The van der Waals surface area contributed by atoms with Crippen LogP contribution in [0.2, 0.25) is 0 Å². The van der Waals surface area contributed by atoms with E-state index in [-0.39, 0.29) is 35.7 Å². The molecule has 5 aromatic heterocycles. The molecule has 0 spiro atoms. The number of benzene rings is 4. The van der Waals surface area contributed by atoms with E-state index in [9.17, 15) is 24.2 Å². The lowest BCUT2D eigenvalue weighted by molar-refractivity contribution is 0.0985. The second kappa shape index (κ2) is 35.8. The molecule has 388 valence electrons. The molecule has 0 saturated carbocycles. The van der Waals surface area contributed by atoms with Crippen molar-refractivity contribution < 1.29 is 28.9 Å². The number of aliphatic hydroxyl groups excluding tert-OH is 2. The van der Waals surface area contributed by atoms with Crippen LogP contribution in [0.1, 0.15) is 84.9 Å². The van der Waals surface area contributed by atoms with Gasteiger partial charge in [-0.3, -0.25) is 9.59 Å². The summed E-state index contributed by atoms with van der Waals surface area (Å²) in [4.78, 5) is 26.8. The maximum atomic E-state index is 13.0. The summed E-state index contributed by atoms with van der Waals surface area (Å²) in [5.41, 5.74) is 0. The first kappa shape index (κ1) is 60.3. The highest BCUT2D eigenvalue weighted by molar-refractivity contribution is 7.12. The molecule has 0 aliphatic rings. The summed E-state index contributed by atoms with van der Waals surface area (Å²) < 4.78 is 19.3. The molecule has 3 atom stereocenters. The zero-order chi connectivity index (χ0) is 52.5. The van der Waals surface area contributed by atoms with Crippen LogP contribution in [0.4, 0.5) is 4.39 Å². The molecule has 1 unspecified atom stereocenters. The first-order valence-electron chi connectivity index (χ1n) is 23.9. The monoisotopic (exact) mass is 1080 g/mol. The minimum Gasteiger partial charge on any atom is -0.665 e. The average Bonchev–Trinajstić information content (AvgIpc) is 4.29. The van der Waals surface area contributed by atoms with Crippen LogP contribution in [-0.2, 0) is 0 Å². The Hall–Kier alpha value is -5.27. The van der Waals surface area contributed by atoms with Crippen molar-refractivity contribution >= 4 is 89.8 Å². The van der Waals surface area contributed by atoms with Crippen LogP contribution in [0.5, 0.6) is 5.75 Å². The number of carbonyl (C=O) groups is 2. The van der Waals surface area contributed by atoms with Gasteiger partial charge in [-0.2, -0.15) is 7.05 Å². The highest BCUT2D eigenvalue weighted by Gasteiger charge is 2.14. The summed E-state index contributed by atoms with van der Waals surface area (Å²) in [6.07, 6.45) is 2.56. The number of aliphatic hydroxyl groups is 2. The molecule has 0 saturated heterocycles. The van der Waals surface area contributed by atoms with Crippen LogP contribution in [0.25, 0.3) is 26.9 Å². The van der Waals surface area contributed by atoms with Gasteiger partial charge in [-0.25, -0.2) is 4.39 Å². The minimum atomic E-state index is -0.289. The Morgan fingerprint density at radius 2 is 1.01 bits per heavy atom. The summed E-state index contributed by atoms with van der Waals surface area (Å²) in [5.74, 6) is 1.18. The third kappa shape index (κ3) is 22.4. The van der Waals surface area contributed by atoms with Crippen molar-refractivity contribution in [1.29, 1.82) is 0 Å². The number of nitrogens with one attached hydrogen (secondary N) is 3. The van der Waals surface area contributed by atoms with Gasteiger partial charge in [-0.05, 0) is 141 Å². The molecule has 5 N–H and O–H groups in total. The van der Waals surface area contributed by atoms with E-state index >= 15 is 0 Å². The van der Waals surface area contributed by atoms with E-state index in [2.05, 4.69) is 69.1 Å². The largest absolute Gasteiger partial charge is 0.665 e. The van der Waals surface area contributed by atoms with Gasteiger partial charge in [0.2, 0.25) is 0 Å². The Bertz CT molecular complexity index is 2730. The van der Waals surface area contributed by atoms with E-state index < -0.39 is 0 Å². The van der Waals surface area contributed by atoms with Gasteiger partial charge in [-0.15, -0.1) is 63.2 Å². The minimum absolute atomic E-state index is 0.0690. The molecule has 73 heavy (non-hydrogen) atoms. The number of ketones is 2. The van der Waals surface area contributed by atoms with E-state index in [4.69, 9.17) is 4.74 Å². The van der Waals surface area contributed by atoms with Crippen LogP contribution < -0.4 is 20.7 Å². The Morgan fingerprint density at radius 3 is 1.48 bits per heavy atom. The molecule has 9 rings (SSSR count). The maximum absolute atomic E-state index is 13.0. The summed E-state index contributed by atoms with van der Waals surface area (Å²) in [7, 11) is 7.48. The number of hydrogen-bond acceptors (Lipinski definition) is 13. The SMILES string of the molecule is CC(=O)c1cccs1.CNCCC(=O)c1cccs1.CNCCC(O)c1cccs1.CNCC[C@H](O)c1cccs1.C[N-]CC[C@H](Oc1cccc2ccccc12)c1cccs1.Fc1cccc2ccccc12. The first-order chi connectivity index (χ1) is 35.6. The lowest BCUT2D eigenvalue weighted by Crippen LogP contribution is -2.12. The fourth-order valence-corrected chi connectivity index (χ4v) is 10.3. The summed E-state index contributed by atoms with van der Waals surface area (Å²) in [6.45, 7) is 4.87. The Labute approximate surface area is 450 Å². The van der Waals surface area contributed by atoms with Crippen molar-refractivity contribution in [3.63, 3.8) is 0 Å². The second-order valence-corrected chi connectivity index (χ2v) is 20.9. The van der Waals surface area contributed by atoms with Crippen molar-refractivity contribution in [2.24, 2.45) is 0 Å². The van der Waals surface area contributed by atoms with Gasteiger partial charge in [0.05, 0.1) is 22.0 Å². The third-order valence-electron chi connectivity index (χ3n) is 10.6. The zero-order valence-corrected chi connectivity index (χ0v) is 46.2. The van der Waals surface area contributed by atoms with Crippen LogP contribution in [0.15, 0.2) is 172 Å². The van der Waals surface area contributed by atoms with Gasteiger partial charge in [-0.1, -0.05) is 103 Å². The Balaban J connectivity index is 0.000000196. The molecule has 0 aliphatic heterocycles. The molecule has 4 aromatic carbocycles. The van der Waals surface area contributed by atoms with Gasteiger partial charge < -0.3 is 36.2 Å². The fourth-order valence-electron chi connectivity index (χ4n) is 6.70. The highest BCUT2D eigenvalue weighted by atomic mass is 32.1. The third-order valence-corrected chi connectivity index (χ3v) is 15.4.